The van der Waals surface area contributed by atoms with Crippen molar-refractivity contribution in [3.05, 3.63) is 35.4 Å². The van der Waals surface area contributed by atoms with Crippen molar-refractivity contribution in [1.82, 2.24) is 4.90 Å². The Hall–Kier alpha value is -1.98. The van der Waals surface area contributed by atoms with Crippen LogP contribution >= 0.6 is 0 Å². The average Bonchev–Trinajstić information content (AvgIpc) is 2.47. The number of rotatable bonds is 4. The van der Waals surface area contributed by atoms with Crippen LogP contribution in [0.5, 0.6) is 0 Å². The van der Waals surface area contributed by atoms with Crippen LogP contribution in [0.2, 0.25) is 0 Å². The Bertz CT molecular complexity index is 525. The first-order chi connectivity index (χ1) is 9.97. The second-order valence-corrected chi connectivity index (χ2v) is 5.26. The van der Waals surface area contributed by atoms with E-state index in [0.717, 1.165) is 0 Å². The Morgan fingerprint density at radius 2 is 1.95 bits per heavy atom. The van der Waals surface area contributed by atoms with Crippen LogP contribution in [0.25, 0.3) is 0 Å². The number of hydrogen-bond donors (Lipinski definition) is 1. The molecule has 2 rings (SSSR count). The summed E-state index contributed by atoms with van der Waals surface area (Å²) in [6, 6.07) is 5.49. The predicted molar refractivity (Wildman–Crippen MR) is 72.3 cm³/mol. The molecule has 1 heterocycles. The van der Waals surface area contributed by atoms with Gasteiger partial charge < -0.3 is 10.0 Å². The summed E-state index contributed by atoms with van der Waals surface area (Å²) in [5.41, 5.74) is 0.0890. The van der Waals surface area contributed by atoms with E-state index in [4.69, 9.17) is 5.11 Å². The number of carbonyl (C=O) groups excluding carboxylic acids is 1. The molecule has 1 saturated heterocycles. The molecule has 0 spiro atoms. The third-order valence-corrected chi connectivity index (χ3v) is 3.75. The van der Waals surface area contributed by atoms with Crippen molar-refractivity contribution in [2.24, 2.45) is 5.92 Å². The summed E-state index contributed by atoms with van der Waals surface area (Å²) in [4.78, 5) is 24.5. The van der Waals surface area contributed by atoms with E-state index in [1.807, 2.05) is 0 Å². The first-order valence-corrected chi connectivity index (χ1v) is 6.86. The number of halogens is 2. The molecule has 1 aromatic carbocycles. The Morgan fingerprint density at radius 3 is 2.52 bits per heavy atom. The monoisotopic (exact) mass is 297 g/mol. The number of carboxylic acid groups (broad SMARTS) is 1. The Balaban J connectivity index is 1.98. The van der Waals surface area contributed by atoms with Crippen molar-refractivity contribution in [2.75, 3.05) is 13.1 Å². The number of amides is 1. The second-order valence-electron chi connectivity index (χ2n) is 5.26. The number of likely N-dealkylation sites (tertiary alicyclic amines) is 1. The summed E-state index contributed by atoms with van der Waals surface area (Å²) in [6.45, 7) is 0.936. The number of alkyl halides is 2. The predicted octanol–water partition coefficient (Wildman–Crippen LogP) is 2.95. The fraction of sp³-hybridized carbons (Fsp3) is 0.467. The van der Waals surface area contributed by atoms with Gasteiger partial charge >= 0.3 is 5.97 Å². The van der Waals surface area contributed by atoms with Gasteiger partial charge in [-0.25, -0.2) is 8.78 Å². The van der Waals surface area contributed by atoms with E-state index in [0.29, 0.717) is 25.9 Å². The van der Waals surface area contributed by atoms with Crippen LogP contribution in [0.1, 0.15) is 41.6 Å². The lowest BCUT2D eigenvalue weighted by atomic mass is 9.93. The minimum atomic E-state index is -2.60. The van der Waals surface area contributed by atoms with E-state index in [2.05, 4.69) is 0 Å². The number of hydrogen-bond acceptors (Lipinski definition) is 2. The molecule has 0 aromatic heterocycles. The van der Waals surface area contributed by atoms with E-state index in [9.17, 15) is 18.4 Å². The van der Waals surface area contributed by atoms with Crippen LogP contribution in [0, 0.1) is 5.92 Å². The standard InChI is InChI=1S/C15H17F2NO3/c16-14(17)11-2-1-3-12(9-11)15(21)18-6-4-10(5-7-18)8-13(19)20/h1-3,9-10,14H,4-8H2,(H,19,20). The van der Waals surface area contributed by atoms with Crippen molar-refractivity contribution >= 4 is 11.9 Å². The lowest BCUT2D eigenvalue weighted by Crippen LogP contribution is -2.38. The van der Waals surface area contributed by atoms with Gasteiger partial charge in [-0.05, 0) is 30.9 Å². The lowest BCUT2D eigenvalue weighted by molar-refractivity contribution is -0.138. The number of benzene rings is 1. The van der Waals surface area contributed by atoms with Crippen molar-refractivity contribution in [3.8, 4) is 0 Å². The van der Waals surface area contributed by atoms with Gasteiger partial charge in [0.25, 0.3) is 12.3 Å². The molecule has 0 bridgehead atoms. The maximum absolute atomic E-state index is 12.6. The van der Waals surface area contributed by atoms with E-state index in [1.54, 1.807) is 4.90 Å². The van der Waals surface area contributed by atoms with Gasteiger partial charge in [-0.15, -0.1) is 0 Å². The van der Waals surface area contributed by atoms with Gasteiger partial charge in [0.05, 0.1) is 0 Å². The largest absolute Gasteiger partial charge is 0.481 e. The van der Waals surface area contributed by atoms with E-state index in [-0.39, 0.29) is 29.4 Å². The fourth-order valence-electron chi connectivity index (χ4n) is 2.58. The summed E-state index contributed by atoms with van der Waals surface area (Å²) < 4.78 is 25.3. The number of nitrogens with zero attached hydrogens (tertiary/aromatic N) is 1. The van der Waals surface area contributed by atoms with Crippen LogP contribution in [-0.2, 0) is 4.79 Å². The zero-order chi connectivity index (χ0) is 15.4. The van der Waals surface area contributed by atoms with Crippen LogP contribution in [0.4, 0.5) is 8.78 Å². The molecule has 0 unspecified atom stereocenters. The molecular formula is C15H17F2NO3. The average molecular weight is 297 g/mol. The maximum atomic E-state index is 12.6. The third kappa shape index (κ3) is 4.00. The highest BCUT2D eigenvalue weighted by Crippen LogP contribution is 2.24. The van der Waals surface area contributed by atoms with Crippen molar-refractivity contribution in [3.63, 3.8) is 0 Å². The Labute approximate surface area is 121 Å². The first kappa shape index (κ1) is 15.4. The molecule has 1 amide bonds. The summed E-state index contributed by atoms with van der Waals surface area (Å²) in [7, 11) is 0. The van der Waals surface area contributed by atoms with Gasteiger partial charge in [0.15, 0.2) is 0 Å². The highest BCUT2D eigenvalue weighted by molar-refractivity contribution is 5.94. The number of carboxylic acids is 1. The van der Waals surface area contributed by atoms with Gasteiger partial charge in [0.1, 0.15) is 0 Å². The molecule has 1 aliphatic rings. The molecular weight excluding hydrogens is 280 g/mol. The molecule has 0 aliphatic carbocycles. The maximum Gasteiger partial charge on any atom is 0.303 e. The van der Waals surface area contributed by atoms with Crippen molar-refractivity contribution < 1.29 is 23.5 Å². The fourth-order valence-corrected chi connectivity index (χ4v) is 2.58. The highest BCUT2D eigenvalue weighted by atomic mass is 19.3. The van der Waals surface area contributed by atoms with Gasteiger partial charge in [-0.1, -0.05) is 12.1 Å². The topological polar surface area (TPSA) is 57.6 Å². The normalized spacial score (nSPS) is 16.2. The molecule has 0 saturated carbocycles. The Kier molecular flexibility index (Phi) is 4.88. The van der Waals surface area contributed by atoms with Gasteiger partial charge in [0, 0.05) is 30.6 Å². The van der Waals surface area contributed by atoms with Gasteiger partial charge in [-0.3, -0.25) is 9.59 Å². The lowest BCUT2D eigenvalue weighted by Gasteiger charge is -2.31. The van der Waals surface area contributed by atoms with Crippen molar-refractivity contribution in [1.29, 1.82) is 0 Å². The van der Waals surface area contributed by atoms with Crippen LogP contribution in [-0.4, -0.2) is 35.0 Å². The molecule has 4 nitrogen and oxygen atoms in total. The molecule has 1 fully saturated rings. The summed E-state index contributed by atoms with van der Waals surface area (Å²) >= 11 is 0. The molecule has 1 aromatic rings. The molecule has 114 valence electrons. The van der Waals surface area contributed by atoms with E-state index in [1.165, 1.54) is 24.3 Å². The molecule has 6 heteroatoms. The SMILES string of the molecule is O=C(O)CC1CCN(C(=O)c2cccc(C(F)F)c2)CC1. The Morgan fingerprint density at radius 1 is 1.29 bits per heavy atom. The molecule has 21 heavy (non-hydrogen) atoms. The number of piperidine rings is 1. The zero-order valence-corrected chi connectivity index (χ0v) is 11.5. The minimum absolute atomic E-state index is 0.0824. The third-order valence-electron chi connectivity index (χ3n) is 3.75. The van der Waals surface area contributed by atoms with Crippen LogP contribution in [0.15, 0.2) is 24.3 Å². The molecule has 1 aliphatic heterocycles. The number of carbonyl (C=O) groups is 2. The van der Waals surface area contributed by atoms with Gasteiger partial charge in [0.2, 0.25) is 0 Å². The van der Waals surface area contributed by atoms with E-state index >= 15 is 0 Å². The summed E-state index contributed by atoms with van der Waals surface area (Å²) in [5, 5.41) is 8.75. The quantitative estimate of drug-likeness (QED) is 0.929. The summed E-state index contributed by atoms with van der Waals surface area (Å²) in [6.07, 6.45) is -1.22. The smallest absolute Gasteiger partial charge is 0.303 e. The van der Waals surface area contributed by atoms with Crippen molar-refractivity contribution in [2.45, 2.75) is 25.7 Å². The molecule has 0 radical (unpaired) electrons. The molecule has 0 atom stereocenters. The number of aliphatic carboxylic acids is 1. The van der Waals surface area contributed by atoms with Gasteiger partial charge in [-0.2, -0.15) is 0 Å². The molecule has 1 N–H and O–H groups in total. The first-order valence-electron chi connectivity index (χ1n) is 6.86. The van der Waals surface area contributed by atoms with Crippen LogP contribution in [0.3, 0.4) is 0 Å². The second kappa shape index (κ2) is 6.65. The minimum Gasteiger partial charge on any atom is -0.481 e. The summed E-state index contributed by atoms with van der Waals surface area (Å²) in [5.74, 6) is -1.02. The van der Waals surface area contributed by atoms with Crippen LogP contribution < -0.4 is 0 Å². The zero-order valence-electron chi connectivity index (χ0n) is 11.5. The van der Waals surface area contributed by atoms with E-state index < -0.39 is 12.4 Å². The highest BCUT2D eigenvalue weighted by Gasteiger charge is 2.25.